The molecule has 1 N–H and O–H groups in total. The summed E-state index contributed by atoms with van der Waals surface area (Å²) in [5.41, 5.74) is 4.82. The number of fused-ring (bicyclic) bond motifs is 2. The summed E-state index contributed by atoms with van der Waals surface area (Å²) in [7, 11) is 3.89. The molecule has 5 aromatic rings. The van der Waals surface area contributed by atoms with Crippen LogP contribution in [-0.4, -0.2) is 72.8 Å². The van der Waals surface area contributed by atoms with E-state index in [-0.39, 0.29) is 23.8 Å². The zero-order valence-electron chi connectivity index (χ0n) is 27.2. The summed E-state index contributed by atoms with van der Waals surface area (Å²) in [5, 5.41) is 21.0. The minimum Gasteiger partial charge on any atom is -0.358 e. The van der Waals surface area contributed by atoms with Gasteiger partial charge < -0.3 is 19.9 Å². The van der Waals surface area contributed by atoms with Gasteiger partial charge in [-0.05, 0) is 76.9 Å². The molecule has 0 bridgehead atoms. The molecule has 246 valence electrons. The topological polar surface area (TPSA) is 141 Å². The Labute approximate surface area is 281 Å². The average Bonchev–Trinajstić information content (AvgIpc) is 3.64. The highest BCUT2D eigenvalue weighted by Crippen LogP contribution is 2.27. The average molecular weight is 659 g/mol. The van der Waals surface area contributed by atoms with Crippen LogP contribution in [0, 0.1) is 27.8 Å². The molecule has 0 spiro atoms. The molecule has 0 aliphatic carbocycles. The lowest BCUT2D eigenvalue weighted by molar-refractivity contribution is -0.880. The molecule has 0 unspecified atom stereocenters. The number of rotatable bonds is 12. The van der Waals surface area contributed by atoms with Crippen molar-refractivity contribution >= 4 is 44.8 Å². The Hall–Kier alpha value is -6.13. The van der Waals surface area contributed by atoms with Crippen LogP contribution < -0.4 is 5.32 Å². The monoisotopic (exact) mass is 658 g/mol. The number of pyridine rings is 1. The lowest BCUT2D eigenvalue weighted by Crippen LogP contribution is -2.41. The molecular formula is C36H33FN9O3+. The molecule has 0 fully saturated rings. The number of nitrogens with one attached hydrogen (secondary N) is 1. The van der Waals surface area contributed by atoms with Gasteiger partial charge >= 0.3 is 5.82 Å². The minimum atomic E-state index is -0.465. The van der Waals surface area contributed by atoms with Crippen LogP contribution in [0.25, 0.3) is 21.8 Å². The molecule has 0 saturated carbocycles. The first kappa shape index (κ1) is 32.8. The number of hydrogen-bond donors (Lipinski definition) is 1. The highest BCUT2D eigenvalue weighted by atomic mass is 19.1. The van der Waals surface area contributed by atoms with Gasteiger partial charge in [0.25, 0.3) is 0 Å². The summed E-state index contributed by atoms with van der Waals surface area (Å²) in [6.45, 7) is 3.00. The van der Waals surface area contributed by atoms with Crippen molar-refractivity contribution in [2.75, 3.05) is 32.5 Å². The number of benzene rings is 2. The fraction of sp³-hybridized carbons (Fsp3) is 0.222. The first-order valence-corrected chi connectivity index (χ1v) is 15.5. The van der Waals surface area contributed by atoms with Crippen LogP contribution in [0.2, 0.25) is 0 Å². The van der Waals surface area contributed by atoms with Gasteiger partial charge in [-0.25, -0.2) is 14.4 Å². The van der Waals surface area contributed by atoms with Crippen molar-refractivity contribution < 1.29 is 18.6 Å². The molecule has 0 saturated heterocycles. The maximum atomic E-state index is 13.7. The second-order valence-corrected chi connectivity index (χ2v) is 12.4. The summed E-state index contributed by atoms with van der Waals surface area (Å²) < 4.78 is 15.9. The molecule has 1 aliphatic rings. The number of aliphatic imine (C=N–C) groups is 1. The highest BCUT2D eigenvalue weighted by molar-refractivity contribution is 6.03. The third kappa shape index (κ3) is 7.89. The quantitative estimate of drug-likeness (QED) is 0.0617. The molecule has 0 radical (unpaired) electrons. The van der Waals surface area contributed by atoms with Crippen molar-refractivity contribution in [1.29, 1.82) is 0 Å². The number of ketones is 1. The summed E-state index contributed by atoms with van der Waals surface area (Å²) in [6.07, 6.45) is 8.58. The van der Waals surface area contributed by atoms with Gasteiger partial charge in [-0.3, -0.25) is 14.5 Å². The number of carbonyl (C=O) groups is 1. The molecule has 13 heteroatoms. The first-order valence-electron chi connectivity index (χ1n) is 15.5. The number of nitrogens with zero attached hydrogens (tertiary/aromatic N) is 8. The van der Waals surface area contributed by atoms with E-state index in [1.807, 2.05) is 43.0 Å². The fourth-order valence-corrected chi connectivity index (χ4v) is 5.76. The molecule has 4 heterocycles. The van der Waals surface area contributed by atoms with Crippen LogP contribution in [0.1, 0.15) is 24.6 Å². The number of halogens is 1. The van der Waals surface area contributed by atoms with E-state index in [0.29, 0.717) is 64.2 Å². The van der Waals surface area contributed by atoms with E-state index >= 15 is 0 Å². The highest BCUT2D eigenvalue weighted by Gasteiger charge is 2.32. The van der Waals surface area contributed by atoms with E-state index in [1.54, 1.807) is 37.5 Å². The van der Waals surface area contributed by atoms with Crippen molar-refractivity contribution in [3.05, 3.63) is 118 Å². The summed E-state index contributed by atoms with van der Waals surface area (Å²) in [5.74, 6) is 5.58. The van der Waals surface area contributed by atoms with Crippen molar-refractivity contribution in [3.8, 4) is 11.8 Å². The predicted molar refractivity (Wildman–Crippen MR) is 185 cm³/mol. The fourth-order valence-electron chi connectivity index (χ4n) is 5.76. The Morgan fingerprint density at radius 2 is 2.00 bits per heavy atom. The molecule has 3 aromatic heterocycles. The lowest BCUT2D eigenvalue weighted by atomic mass is 10.1. The molecule has 0 atom stereocenters. The Morgan fingerprint density at radius 1 is 1.14 bits per heavy atom. The van der Waals surface area contributed by atoms with Gasteiger partial charge in [-0.1, -0.05) is 18.1 Å². The van der Waals surface area contributed by atoms with Gasteiger partial charge in [-0.15, -0.1) is 0 Å². The van der Waals surface area contributed by atoms with E-state index in [9.17, 15) is 19.3 Å². The second kappa shape index (κ2) is 13.9. The van der Waals surface area contributed by atoms with E-state index in [0.717, 1.165) is 22.2 Å². The van der Waals surface area contributed by atoms with Crippen LogP contribution in [0.3, 0.4) is 0 Å². The largest absolute Gasteiger partial charge is 0.369 e. The Morgan fingerprint density at radius 3 is 2.80 bits per heavy atom. The normalized spacial score (nSPS) is 13.2. The third-order valence-corrected chi connectivity index (χ3v) is 7.96. The van der Waals surface area contributed by atoms with Gasteiger partial charge in [0.05, 0.1) is 69.0 Å². The standard InChI is InChI=1S/C36H33FN9O3/c1-4-7-28-16-26(36(43-28)45(48)49)22-46(2,3)13-6-10-31(47)17-30-18-32-33(20-38-30)39-23-40-35(32)42-29-11-12-34-25(15-29)19-41-44(34)21-24-8-5-9-27(37)14-24/h5-6,8-12,14-15,18-20,23H,13,16-17,21-22H2,1-3H3,(H,39,40,42)/q+1/b10-6+. The molecule has 6 rings (SSSR count). The first-order chi connectivity index (χ1) is 23.6. The maximum absolute atomic E-state index is 13.7. The van der Waals surface area contributed by atoms with Crippen LogP contribution in [0.15, 0.2) is 95.8 Å². The molecule has 0 amide bonds. The Kier molecular flexibility index (Phi) is 9.32. The van der Waals surface area contributed by atoms with Crippen LogP contribution in [0.5, 0.6) is 0 Å². The summed E-state index contributed by atoms with van der Waals surface area (Å²) in [6, 6.07) is 14.1. The van der Waals surface area contributed by atoms with Crippen molar-refractivity contribution in [2.24, 2.45) is 4.99 Å². The number of carbonyl (C=O) groups excluding carboxylic acids is 1. The van der Waals surface area contributed by atoms with Crippen molar-refractivity contribution in [3.63, 3.8) is 0 Å². The number of quaternary nitrogens is 1. The van der Waals surface area contributed by atoms with Gasteiger partial charge in [0, 0.05) is 22.2 Å². The van der Waals surface area contributed by atoms with E-state index in [4.69, 9.17) is 0 Å². The molecule has 2 aromatic carbocycles. The zero-order chi connectivity index (χ0) is 34.5. The van der Waals surface area contributed by atoms with Gasteiger partial charge in [0.1, 0.15) is 24.5 Å². The molecule has 49 heavy (non-hydrogen) atoms. The van der Waals surface area contributed by atoms with Gasteiger partial charge in [0.2, 0.25) is 5.71 Å². The smallest absolute Gasteiger partial charge is 0.358 e. The van der Waals surface area contributed by atoms with Crippen LogP contribution >= 0.6 is 0 Å². The Balaban J connectivity index is 1.11. The van der Waals surface area contributed by atoms with E-state index < -0.39 is 4.92 Å². The summed E-state index contributed by atoms with van der Waals surface area (Å²) >= 11 is 0. The zero-order valence-corrected chi connectivity index (χ0v) is 27.2. The third-order valence-electron chi connectivity index (χ3n) is 7.96. The number of aromatic nitrogens is 5. The minimum absolute atomic E-state index is 0.0776. The number of likely N-dealkylation sites (N-methyl/N-ethyl adjacent to an activating group) is 1. The lowest BCUT2D eigenvalue weighted by Gasteiger charge is -2.28. The number of nitro groups is 1. The second-order valence-electron chi connectivity index (χ2n) is 12.4. The van der Waals surface area contributed by atoms with Gasteiger partial charge in [-0.2, -0.15) is 5.10 Å². The van der Waals surface area contributed by atoms with E-state index in [1.165, 1.54) is 24.5 Å². The summed E-state index contributed by atoms with van der Waals surface area (Å²) in [4.78, 5) is 41.3. The van der Waals surface area contributed by atoms with Gasteiger partial charge in [0.15, 0.2) is 5.78 Å². The molecular weight excluding hydrogens is 625 g/mol. The van der Waals surface area contributed by atoms with Crippen LogP contribution in [-0.2, 0) is 17.8 Å². The Bertz CT molecular complexity index is 2260. The van der Waals surface area contributed by atoms with Crippen LogP contribution in [0.4, 0.5) is 15.9 Å². The number of anilines is 2. The number of allylic oxidation sites excluding steroid dienone is 1. The van der Waals surface area contributed by atoms with Crippen molar-refractivity contribution in [2.45, 2.75) is 26.3 Å². The predicted octanol–water partition coefficient (Wildman–Crippen LogP) is 5.41. The number of hydrogen-bond acceptors (Lipinski definition) is 9. The van der Waals surface area contributed by atoms with Crippen molar-refractivity contribution in [1.82, 2.24) is 24.7 Å². The molecule has 12 nitrogen and oxygen atoms in total. The van der Waals surface area contributed by atoms with E-state index in [2.05, 4.69) is 42.2 Å². The SMILES string of the molecule is CC#CC1=NC([N+](=O)[O-])=C(C[N+](C)(C)C/C=C/C(=O)Cc2cc3c(Nc4ccc5c(cnn5Cc5cccc(F)c5)c4)ncnc3cn2)C1. The maximum Gasteiger partial charge on any atom is 0.369 e. The molecule has 1 aliphatic heterocycles.